The van der Waals surface area contributed by atoms with Crippen LogP contribution in [-0.4, -0.2) is 38.4 Å². The molecule has 3 rings (SSSR count). The third-order valence-electron chi connectivity index (χ3n) is 4.15. The number of imidazole rings is 1. The van der Waals surface area contributed by atoms with Crippen molar-refractivity contribution in [2.45, 2.75) is 32.6 Å². The topological polar surface area (TPSA) is 51.0 Å². The minimum absolute atomic E-state index is 0.268. The Kier molecular flexibility index (Phi) is 3.66. The lowest BCUT2D eigenvalue weighted by Gasteiger charge is -2.17. The number of hydrogen-bond donors (Lipinski definition) is 0. The third-order valence-corrected chi connectivity index (χ3v) is 4.15. The summed E-state index contributed by atoms with van der Waals surface area (Å²) in [7, 11) is 2.01. The lowest BCUT2D eigenvalue weighted by molar-refractivity contribution is -0.130. The molecule has 5 heteroatoms. The molecule has 0 N–H and O–H groups in total. The van der Waals surface area contributed by atoms with Gasteiger partial charge in [0.1, 0.15) is 11.3 Å². The number of carbonyl (C=O) groups is 1. The Morgan fingerprint density at radius 3 is 3.00 bits per heavy atom. The van der Waals surface area contributed by atoms with Crippen molar-refractivity contribution < 1.29 is 4.79 Å². The van der Waals surface area contributed by atoms with Crippen LogP contribution in [0.15, 0.2) is 18.3 Å². The molecule has 21 heavy (non-hydrogen) atoms. The molecule has 2 aromatic heterocycles. The van der Waals surface area contributed by atoms with E-state index in [1.807, 2.05) is 24.1 Å². The number of rotatable bonds is 3. The fourth-order valence-electron chi connectivity index (χ4n) is 3.08. The molecule has 3 heterocycles. The Morgan fingerprint density at radius 2 is 2.29 bits per heavy atom. The van der Waals surface area contributed by atoms with Gasteiger partial charge in [-0.25, -0.2) is 9.97 Å². The summed E-state index contributed by atoms with van der Waals surface area (Å²) in [6, 6.07) is 3.90. The van der Waals surface area contributed by atoms with Crippen molar-refractivity contribution in [3.8, 4) is 0 Å². The highest BCUT2D eigenvalue weighted by Gasteiger charge is 2.30. The molecular formula is C16H22N4O. The zero-order chi connectivity index (χ0) is 15.0. The van der Waals surface area contributed by atoms with E-state index in [0.717, 1.165) is 36.5 Å². The van der Waals surface area contributed by atoms with Gasteiger partial charge in [-0.3, -0.25) is 4.79 Å². The predicted octanol–water partition coefficient (Wildman–Crippen LogP) is 2.33. The molecule has 2 aromatic rings. The molecule has 0 aromatic carbocycles. The Balaban J connectivity index is 1.79. The van der Waals surface area contributed by atoms with Gasteiger partial charge >= 0.3 is 0 Å². The lowest BCUT2D eigenvalue weighted by Crippen LogP contribution is -2.29. The highest BCUT2D eigenvalue weighted by atomic mass is 16.2. The van der Waals surface area contributed by atoms with Gasteiger partial charge in [0, 0.05) is 38.7 Å². The number of amides is 1. The van der Waals surface area contributed by atoms with Crippen molar-refractivity contribution in [2.75, 3.05) is 13.1 Å². The van der Waals surface area contributed by atoms with E-state index < -0.39 is 0 Å². The maximum Gasteiger partial charge on any atom is 0.222 e. The van der Waals surface area contributed by atoms with E-state index in [1.54, 1.807) is 6.20 Å². The normalized spacial score (nSPS) is 18.9. The van der Waals surface area contributed by atoms with Crippen LogP contribution in [0.3, 0.4) is 0 Å². The number of nitrogens with zero attached hydrogens (tertiary/aromatic N) is 4. The van der Waals surface area contributed by atoms with Crippen LogP contribution in [0.5, 0.6) is 0 Å². The summed E-state index contributed by atoms with van der Waals surface area (Å²) in [5.74, 6) is 2.05. The van der Waals surface area contributed by atoms with Gasteiger partial charge in [0.15, 0.2) is 5.65 Å². The molecule has 5 nitrogen and oxygen atoms in total. The van der Waals surface area contributed by atoms with Gasteiger partial charge in [-0.2, -0.15) is 0 Å². The minimum atomic E-state index is 0.268. The summed E-state index contributed by atoms with van der Waals surface area (Å²) in [6.45, 7) is 5.79. The van der Waals surface area contributed by atoms with Crippen molar-refractivity contribution in [1.29, 1.82) is 0 Å². The summed E-state index contributed by atoms with van der Waals surface area (Å²) in [5.41, 5.74) is 1.85. The molecule has 0 aliphatic carbocycles. The Labute approximate surface area is 125 Å². The van der Waals surface area contributed by atoms with Crippen LogP contribution in [0.4, 0.5) is 0 Å². The molecule has 0 radical (unpaired) electrons. The maximum absolute atomic E-state index is 12.2. The monoisotopic (exact) mass is 286 g/mol. The number of likely N-dealkylation sites (tertiary alicyclic amines) is 1. The number of pyridine rings is 1. The van der Waals surface area contributed by atoms with Crippen LogP contribution in [-0.2, 0) is 11.8 Å². The predicted molar refractivity (Wildman–Crippen MR) is 81.9 cm³/mol. The number of aromatic nitrogens is 3. The standard InChI is InChI=1S/C16H22N4O/c1-11(2)9-14(21)20-8-6-12(10-20)15-18-13-5-4-7-17-16(13)19(15)3/h4-5,7,11-12H,6,8-10H2,1-3H3/t12-/m1/s1. The second-order valence-corrected chi connectivity index (χ2v) is 6.30. The van der Waals surface area contributed by atoms with Crippen LogP contribution in [0, 0.1) is 5.92 Å². The first-order valence-electron chi connectivity index (χ1n) is 7.61. The van der Waals surface area contributed by atoms with Crippen LogP contribution >= 0.6 is 0 Å². The minimum Gasteiger partial charge on any atom is -0.342 e. The van der Waals surface area contributed by atoms with Gasteiger partial charge in [-0.15, -0.1) is 0 Å². The number of hydrogen-bond acceptors (Lipinski definition) is 3. The van der Waals surface area contributed by atoms with Crippen molar-refractivity contribution in [1.82, 2.24) is 19.4 Å². The van der Waals surface area contributed by atoms with E-state index in [9.17, 15) is 4.79 Å². The van der Waals surface area contributed by atoms with Crippen LogP contribution in [0.1, 0.15) is 38.4 Å². The first-order valence-corrected chi connectivity index (χ1v) is 7.61. The molecule has 0 bridgehead atoms. The van der Waals surface area contributed by atoms with E-state index >= 15 is 0 Å². The molecule has 0 unspecified atom stereocenters. The zero-order valence-corrected chi connectivity index (χ0v) is 12.9. The highest BCUT2D eigenvalue weighted by Crippen LogP contribution is 2.28. The molecule has 1 fully saturated rings. The fraction of sp³-hybridized carbons (Fsp3) is 0.562. The average Bonchev–Trinajstić information content (AvgIpc) is 3.04. The maximum atomic E-state index is 12.2. The number of carbonyl (C=O) groups excluding carboxylic acids is 1. The van der Waals surface area contributed by atoms with Gasteiger partial charge in [-0.1, -0.05) is 13.8 Å². The van der Waals surface area contributed by atoms with Gasteiger partial charge in [-0.05, 0) is 24.5 Å². The summed E-state index contributed by atoms with van der Waals surface area (Å²) >= 11 is 0. The van der Waals surface area contributed by atoms with E-state index in [4.69, 9.17) is 4.98 Å². The average molecular weight is 286 g/mol. The van der Waals surface area contributed by atoms with E-state index in [2.05, 4.69) is 23.4 Å². The first-order chi connectivity index (χ1) is 10.1. The van der Waals surface area contributed by atoms with E-state index in [0.29, 0.717) is 18.3 Å². The molecule has 1 saturated heterocycles. The van der Waals surface area contributed by atoms with Gasteiger partial charge in [0.2, 0.25) is 5.91 Å². The largest absolute Gasteiger partial charge is 0.342 e. The molecule has 1 aliphatic heterocycles. The summed E-state index contributed by atoms with van der Waals surface area (Å²) in [4.78, 5) is 23.3. The zero-order valence-electron chi connectivity index (χ0n) is 12.9. The highest BCUT2D eigenvalue weighted by molar-refractivity contribution is 5.77. The number of aryl methyl sites for hydroxylation is 1. The van der Waals surface area contributed by atoms with E-state index in [-0.39, 0.29) is 5.91 Å². The van der Waals surface area contributed by atoms with Gasteiger partial charge in [0.25, 0.3) is 0 Å². The molecular weight excluding hydrogens is 264 g/mol. The van der Waals surface area contributed by atoms with Crippen molar-refractivity contribution >= 4 is 17.1 Å². The second-order valence-electron chi connectivity index (χ2n) is 6.30. The van der Waals surface area contributed by atoms with Crippen molar-refractivity contribution in [2.24, 2.45) is 13.0 Å². The molecule has 1 atom stereocenters. The molecule has 0 spiro atoms. The molecule has 1 aliphatic rings. The van der Waals surface area contributed by atoms with Crippen LogP contribution < -0.4 is 0 Å². The van der Waals surface area contributed by atoms with Crippen molar-refractivity contribution in [3.63, 3.8) is 0 Å². The quantitative estimate of drug-likeness (QED) is 0.870. The summed E-state index contributed by atoms with van der Waals surface area (Å²) in [6.07, 6.45) is 3.42. The third kappa shape index (κ3) is 2.64. The van der Waals surface area contributed by atoms with Crippen LogP contribution in [0.2, 0.25) is 0 Å². The first kappa shape index (κ1) is 14.0. The Hall–Kier alpha value is -1.91. The summed E-state index contributed by atoms with van der Waals surface area (Å²) < 4.78 is 2.07. The molecule has 0 saturated carbocycles. The van der Waals surface area contributed by atoms with E-state index in [1.165, 1.54) is 0 Å². The lowest BCUT2D eigenvalue weighted by atomic mass is 10.1. The number of fused-ring (bicyclic) bond motifs is 1. The smallest absolute Gasteiger partial charge is 0.222 e. The summed E-state index contributed by atoms with van der Waals surface area (Å²) in [5, 5.41) is 0. The van der Waals surface area contributed by atoms with Gasteiger partial charge in [0.05, 0.1) is 0 Å². The SMILES string of the molecule is CC(C)CC(=O)N1CC[C@@H](c2nc3cccnc3n2C)C1. The van der Waals surface area contributed by atoms with Crippen LogP contribution in [0.25, 0.3) is 11.2 Å². The van der Waals surface area contributed by atoms with Gasteiger partial charge < -0.3 is 9.47 Å². The van der Waals surface area contributed by atoms with Crippen molar-refractivity contribution in [3.05, 3.63) is 24.2 Å². The molecule has 1 amide bonds. The Bertz CT molecular complexity index is 661. The second kappa shape index (κ2) is 5.47. The fourth-order valence-corrected chi connectivity index (χ4v) is 3.08. The Morgan fingerprint density at radius 1 is 1.48 bits per heavy atom. The molecule has 112 valence electrons.